The van der Waals surface area contributed by atoms with E-state index < -0.39 is 0 Å². The van der Waals surface area contributed by atoms with Crippen LogP contribution in [-0.2, 0) is 6.42 Å². The van der Waals surface area contributed by atoms with Gasteiger partial charge < -0.3 is 4.74 Å². The first-order valence-electron chi connectivity index (χ1n) is 6.77. The average molecular weight is 350 g/mol. The molecule has 1 aromatic heterocycles. The van der Waals surface area contributed by atoms with Crippen LogP contribution in [0.3, 0.4) is 0 Å². The van der Waals surface area contributed by atoms with Gasteiger partial charge in [0, 0.05) is 10.7 Å². The van der Waals surface area contributed by atoms with Gasteiger partial charge in [-0.1, -0.05) is 22.0 Å². The molecule has 0 aliphatic carbocycles. The number of hydrogen-bond donors (Lipinski definition) is 2. The summed E-state index contributed by atoms with van der Waals surface area (Å²) in [4.78, 5) is 4.53. The maximum Gasteiger partial charge on any atom is 0.119 e. The van der Waals surface area contributed by atoms with Gasteiger partial charge in [-0.15, -0.1) is 0 Å². The van der Waals surface area contributed by atoms with Crippen molar-refractivity contribution in [1.29, 1.82) is 0 Å². The van der Waals surface area contributed by atoms with Crippen molar-refractivity contribution in [1.82, 2.24) is 10.4 Å². The van der Waals surface area contributed by atoms with Crippen LogP contribution in [0, 0.1) is 13.8 Å². The summed E-state index contributed by atoms with van der Waals surface area (Å²) in [5, 5.41) is 0. The van der Waals surface area contributed by atoms with Gasteiger partial charge in [0.2, 0.25) is 0 Å². The lowest BCUT2D eigenvalue weighted by atomic mass is 9.99. The number of nitrogens with one attached hydrogen (secondary N) is 1. The second-order valence-corrected chi connectivity index (χ2v) is 5.95. The third-order valence-electron chi connectivity index (χ3n) is 3.46. The molecule has 2 aromatic rings. The average Bonchev–Trinajstić information content (AvgIpc) is 2.47. The number of ether oxygens (including phenoxy) is 1. The number of nitrogens with two attached hydrogens (primary N) is 1. The summed E-state index contributed by atoms with van der Waals surface area (Å²) in [7, 11) is 1.66. The van der Waals surface area contributed by atoms with Gasteiger partial charge in [0.1, 0.15) is 5.75 Å². The van der Waals surface area contributed by atoms with Crippen molar-refractivity contribution in [2.45, 2.75) is 26.3 Å². The molecule has 5 heteroatoms. The molecule has 0 saturated carbocycles. The van der Waals surface area contributed by atoms with Crippen LogP contribution in [0.25, 0.3) is 0 Å². The van der Waals surface area contributed by atoms with Crippen molar-refractivity contribution >= 4 is 15.9 Å². The Kier molecular flexibility index (Phi) is 5.33. The maximum absolute atomic E-state index is 5.74. The van der Waals surface area contributed by atoms with Crippen LogP contribution in [0.1, 0.15) is 28.4 Å². The van der Waals surface area contributed by atoms with Crippen LogP contribution < -0.4 is 16.0 Å². The predicted octanol–water partition coefficient (Wildman–Crippen LogP) is 3.22. The van der Waals surface area contributed by atoms with Crippen molar-refractivity contribution in [3.63, 3.8) is 0 Å². The molecule has 0 aliphatic heterocycles. The number of methoxy groups -OCH3 is 1. The monoisotopic (exact) mass is 349 g/mol. The summed E-state index contributed by atoms with van der Waals surface area (Å²) in [6.07, 6.45) is 2.60. The van der Waals surface area contributed by atoms with Crippen LogP contribution >= 0.6 is 15.9 Å². The van der Waals surface area contributed by atoms with Crippen molar-refractivity contribution < 1.29 is 4.74 Å². The minimum absolute atomic E-state index is 0.0472. The zero-order chi connectivity index (χ0) is 15.4. The van der Waals surface area contributed by atoms with E-state index in [9.17, 15) is 0 Å². The fraction of sp³-hybridized carbons (Fsp3) is 0.312. The van der Waals surface area contributed by atoms with Crippen molar-refractivity contribution in [3.05, 3.63) is 57.3 Å². The largest absolute Gasteiger partial charge is 0.497 e. The van der Waals surface area contributed by atoms with Gasteiger partial charge in [0.25, 0.3) is 0 Å². The van der Waals surface area contributed by atoms with Crippen LogP contribution in [0.15, 0.2) is 34.9 Å². The molecule has 0 amide bonds. The second-order valence-electron chi connectivity index (χ2n) is 5.10. The first kappa shape index (κ1) is 15.9. The highest BCUT2D eigenvalue weighted by Gasteiger charge is 2.16. The van der Waals surface area contributed by atoms with Crippen LogP contribution in [0.5, 0.6) is 5.75 Å². The SMILES string of the molecule is COc1ccc(Br)c(CC(NN)c2ncc(C)cc2C)c1. The van der Waals surface area contributed by atoms with E-state index in [1.54, 1.807) is 7.11 Å². The standard InChI is InChI=1S/C16H20BrN3O/c1-10-6-11(2)16(19-9-10)15(20-18)8-12-7-13(21-3)4-5-14(12)17/h4-7,9,15,20H,8,18H2,1-3H3. The lowest BCUT2D eigenvalue weighted by Gasteiger charge is -2.19. The Morgan fingerprint density at radius 2 is 2.10 bits per heavy atom. The molecule has 1 aromatic carbocycles. The van der Waals surface area contributed by atoms with E-state index >= 15 is 0 Å². The van der Waals surface area contributed by atoms with Gasteiger partial charge in [-0.2, -0.15) is 0 Å². The van der Waals surface area contributed by atoms with Crippen molar-refractivity contribution in [2.75, 3.05) is 7.11 Å². The smallest absolute Gasteiger partial charge is 0.119 e. The number of nitrogens with zero attached hydrogens (tertiary/aromatic N) is 1. The molecule has 0 bridgehead atoms. The number of hydrogen-bond acceptors (Lipinski definition) is 4. The minimum atomic E-state index is -0.0472. The van der Waals surface area contributed by atoms with Crippen LogP contribution in [0.2, 0.25) is 0 Å². The van der Waals surface area contributed by atoms with E-state index in [1.807, 2.05) is 31.3 Å². The molecule has 0 saturated heterocycles. The highest BCUT2D eigenvalue weighted by atomic mass is 79.9. The van der Waals surface area contributed by atoms with E-state index in [4.69, 9.17) is 10.6 Å². The fourth-order valence-corrected chi connectivity index (χ4v) is 2.79. The summed E-state index contributed by atoms with van der Waals surface area (Å²) >= 11 is 3.58. The van der Waals surface area contributed by atoms with Crippen LogP contribution in [0.4, 0.5) is 0 Å². The van der Waals surface area contributed by atoms with E-state index in [1.165, 1.54) is 0 Å². The number of benzene rings is 1. The first-order valence-corrected chi connectivity index (χ1v) is 7.56. The molecule has 1 atom stereocenters. The molecule has 0 spiro atoms. The molecule has 1 unspecified atom stereocenters. The Labute approximate surface area is 133 Å². The van der Waals surface area contributed by atoms with Gasteiger partial charge in [-0.3, -0.25) is 16.3 Å². The molecule has 2 rings (SSSR count). The summed E-state index contributed by atoms with van der Waals surface area (Å²) in [6.45, 7) is 4.09. The molecule has 112 valence electrons. The summed E-state index contributed by atoms with van der Waals surface area (Å²) < 4.78 is 6.32. The van der Waals surface area contributed by atoms with E-state index in [-0.39, 0.29) is 6.04 Å². The third kappa shape index (κ3) is 3.81. The number of hydrazine groups is 1. The highest BCUT2D eigenvalue weighted by molar-refractivity contribution is 9.10. The quantitative estimate of drug-likeness (QED) is 0.642. The molecular weight excluding hydrogens is 330 g/mol. The predicted molar refractivity (Wildman–Crippen MR) is 88.2 cm³/mol. The highest BCUT2D eigenvalue weighted by Crippen LogP contribution is 2.27. The molecule has 1 heterocycles. The Morgan fingerprint density at radius 3 is 2.71 bits per heavy atom. The Balaban J connectivity index is 2.30. The zero-order valence-electron chi connectivity index (χ0n) is 12.5. The Hall–Kier alpha value is -1.43. The lowest BCUT2D eigenvalue weighted by Crippen LogP contribution is -2.31. The third-order valence-corrected chi connectivity index (χ3v) is 4.24. The number of aryl methyl sites for hydroxylation is 2. The molecular formula is C16H20BrN3O. The topological polar surface area (TPSA) is 60.2 Å². The zero-order valence-corrected chi connectivity index (χ0v) is 14.1. The van der Waals surface area contributed by atoms with E-state index in [0.29, 0.717) is 0 Å². The molecule has 0 aliphatic rings. The first-order chi connectivity index (χ1) is 10.0. The molecule has 0 fully saturated rings. The van der Waals surface area contributed by atoms with Gasteiger partial charge in [-0.25, -0.2) is 0 Å². The van der Waals surface area contributed by atoms with E-state index in [2.05, 4.69) is 39.3 Å². The summed E-state index contributed by atoms with van der Waals surface area (Å²) in [6, 6.07) is 7.99. The fourth-order valence-electron chi connectivity index (χ4n) is 2.38. The molecule has 21 heavy (non-hydrogen) atoms. The maximum atomic E-state index is 5.74. The Morgan fingerprint density at radius 1 is 1.33 bits per heavy atom. The number of rotatable bonds is 5. The Bertz CT molecular complexity index is 631. The van der Waals surface area contributed by atoms with Gasteiger partial charge in [0.15, 0.2) is 0 Å². The molecule has 0 radical (unpaired) electrons. The van der Waals surface area contributed by atoms with Crippen molar-refractivity contribution in [3.8, 4) is 5.75 Å². The van der Waals surface area contributed by atoms with Gasteiger partial charge in [0.05, 0.1) is 18.8 Å². The number of aromatic nitrogens is 1. The molecule has 4 nitrogen and oxygen atoms in total. The summed E-state index contributed by atoms with van der Waals surface area (Å²) in [5.74, 6) is 6.57. The molecule has 3 N–H and O–H groups in total. The summed E-state index contributed by atoms with van der Waals surface area (Å²) in [5.41, 5.74) is 7.25. The minimum Gasteiger partial charge on any atom is -0.497 e. The lowest BCUT2D eigenvalue weighted by molar-refractivity contribution is 0.413. The second kappa shape index (κ2) is 7.02. The number of halogens is 1. The van der Waals surface area contributed by atoms with Gasteiger partial charge >= 0.3 is 0 Å². The van der Waals surface area contributed by atoms with Crippen molar-refractivity contribution in [2.24, 2.45) is 5.84 Å². The van der Waals surface area contributed by atoms with Gasteiger partial charge in [-0.05, 0) is 55.2 Å². The normalized spacial score (nSPS) is 12.2. The number of pyridine rings is 1. The van der Waals surface area contributed by atoms with Crippen LogP contribution in [-0.4, -0.2) is 12.1 Å². The van der Waals surface area contributed by atoms with E-state index in [0.717, 1.165) is 39.0 Å².